The van der Waals surface area contributed by atoms with Crippen LogP contribution in [0.3, 0.4) is 0 Å². The van der Waals surface area contributed by atoms with Crippen LogP contribution in [0.2, 0.25) is 0 Å². The molecule has 0 radical (unpaired) electrons. The van der Waals surface area contributed by atoms with Crippen molar-refractivity contribution in [2.24, 2.45) is 0 Å². The zero-order valence-corrected chi connectivity index (χ0v) is 12.1. The van der Waals surface area contributed by atoms with Crippen LogP contribution in [0.15, 0.2) is 30.3 Å². The first kappa shape index (κ1) is 15.5. The molecule has 21 heavy (non-hydrogen) atoms. The van der Waals surface area contributed by atoms with E-state index >= 15 is 0 Å². The Bertz CT molecular complexity index is 520. The molecule has 1 amide bonds. The van der Waals surface area contributed by atoms with Crippen LogP contribution in [0.25, 0.3) is 0 Å². The Morgan fingerprint density at radius 2 is 2.05 bits per heavy atom. The van der Waals surface area contributed by atoms with Gasteiger partial charge in [-0.1, -0.05) is 43.7 Å². The molecule has 0 aromatic heterocycles. The summed E-state index contributed by atoms with van der Waals surface area (Å²) < 4.78 is 14.1. The molecule has 5 heteroatoms. The lowest BCUT2D eigenvalue weighted by Gasteiger charge is -2.24. The van der Waals surface area contributed by atoms with E-state index in [1.807, 2.05) is 37.3 Å². The molecule has 1 aromatic rings. The molecule has 1 saturated heterocycles. The van der Waals surface area contributed by atoms with Crippen molar-refractivity contribution in [2.75, 3.05) is 13.1 Å². The van der Waals surface area contributed by atoms with E-state index in [1.54, 1.807) is 0 Å². The average Bonchev–Trinajstić information content (AvgIpc) is 2.89. The number of benzene rings is 1. The maximum atomic E-state index is 14.1. The van der Waals surface area contributed by atoms with Crippen LogP contribution in [0.1, 0.15) is 37.7 Å². The molecule has 0 aliphatic carbocycles. The van der Waals surface area contributed by atoms with Gasteiger partial charge in [-0.3, -0.25) is 4.79 Å². The van der Waals surface area contributed by atoms with E-state index in [0.717, 1.165) is 12.0 Å². The highest BCUT2D eigenvalue weighted by atomic mass is 19.1. The predicted octanol–water partition coefficient (Wildman–Crippen LogP) is 2.60. The molecule has 114 valence electrons. The Balaban J connectivity index is 2.15. The van der Waals surface area contributed by atoms with Crippen LogP contribution in [0.4, 0.5) is 4.39 Å². The van der Waals surface area contributed by atoms with E-state index in [1.165, 1.54) is 4.90 Å². The summed E-state index contributed by atoms with van der Waals surface area (Å²) in [7, 11) is 0. The lowest BCUT2D eigenvalue weighted by Crippen LogP contribution is -2.40. The van der Waals surface area contributed by atoms with Gasteiger partial charge in [0, 0.05) is 13.0 Å². The van der Waals surface area contributed by atoms with E-state index in [-0.39, 0.29) is 31.3 Å². The van der Waals surface area contributed by atoms with E-state index in [4.69, 9.17) is 5.11 Å². The summed E-state index contributed by atoms with van der Waals surface area (Å²) in [5.74, 6) is -1.99. The molecule has 1 fully saturated rings. The van der Waals surface area contributed by atoms with E-state index in [0.29, 0.717) is 6.42 Å². The van der Waals surface area contributed by atoms with Crippen molar-refractivity contribution in [3.05, 3.63) is 35.9 Å². The quantitative estimate of drug-likeness (QED) is 0.908. The Hall–Kier alpha value is -1.91. The van der Waals surface area contributed by atoms with Crippen LogP contribution in [-0.4, -0.2) is 40.6 Å². The molecule has 1 aromatic carbocycles. The van der Waals surface area contributed by atoms with Gasteiger partial charge in [0.1, 0.15) is 0 Å². The molecular weight excluding hydrogens is 273 g/mol. The monoisotopic (exact) mass is 293 g/mol. The minimum Gasteiger partial charge on any atom is -0.479 e. The molecule has 4 nitrogen and oxygen atoms in total. The first-order valence-electron chi connectivity index (χ1n) is 7.24. The Labute approximate surface area is 123 Å². The number of hydrogen-bond donors (Lipinski definition) is 1. The number of aliphatic carboxylic acids is 1. The zero-order chi connectivity index (χ0) is 15.5. The molecular formula is C16H20FNO3. The van der Waals surface area contributed by atoms with Gasteiger partial charge in [-0.05, 0) is 12.0 Å². The van der Waals surface area contributed by atoms with Crippen molar-refractivity contribution in [3.63, 3.8) is 0 Å². The summed E-state index contributed by atoms with van der Waals surface area (Å²) in [4.78, 5) is 24.9. The first-order valence-corrected chi connectivity index (χ1v) is 7.24. The van der Waals surface area contributed by atoms with Gasteiger partial charge in [-0.15, -0.1) is 0 Å². The standard InChI is InChI=1S/C16H20FNO3/c1-2-6-13(12-7-4-3-5-8-12)14(19)18-10-9-16(17,11-18)15(20)21/h3-5,7-8,13H,2,6,9-11H2,1H3,(H,20,21). The Morgan fingerprint density at radius 3 is 2.57 bits per heavy atom. The minimum absolute atomic E-state index is 0.137. The summed E-state index contributed by atoms with van der Waals surface area (Å²) in [5.41, 5.74) is -1.40. The van der Waals surface area contributed by atoms with E-state index < -0.39 is 11.6 Å². The van der Waals surface area contributed by atoms with Gasteiger partial charge in [-0.2, -0.15) is 0 Å². The van der Waals surface area contributed by atoms with Crippen LogP contribution >= 0.6 is 0 Å². The minimum atomic E-state index is -2.30. The number of carbonyl (C=O) groups is 2. The summed E-state index contributed by atoms with van der Waals surface area (Å²) in [6.07, 6.45) is 1.37. The fourth-order valence-electron chi connectivity index (χ4n) is 2.76. The number of carboxylic acid groups (broad SMARTS) is 1. The Morgan fingerprint density at radius 1 is 1.38 bits per heavy atom. The number of carboxylic acids is 1. The van der Waals surface area contributed by atoms with Crippen molar-refractivity contribution < 1.29 is 19.1 Å². The number of hydrogen-bond acceptors (Lipinski definition) is 2. The van der Waals surface area contributed by atoms with Crippen molar-refractivity contribution in [1.82, 2.24) is 4.90 Å². The van der Waals surface area contributed by atoms with Crippen LogP contribution in [0, 0.1) is 0 Å². The summed E-state index contributed by atoms with van der Waals surface area (Å²) >= 11 is 0. The number of carbonyl (C=O) groups excluding carboxylic acids is 1. The third-order valence-electron chi connectivity index (χ3n) is 3.99. The highest BCUT2D eigenvalue weighted by Crippen LogP contribution is 2.30. The van der Waals surface area contributed by atoms with Gasteiger partial charge in [0.2, 0.25) is 11.6 Å². The summed E-state index contributed by atoms with van der Waals surface area (Å²) in [6.45, 7) is 1.80. The Kier molecular flexibility index (Phi) is 4.60. The highest BCUT2D eigenvalue weighted by Gasteiger charge is 2.47. The second-order valence-electron chi connectivity index (χ2n) is 5.53. The number of amides is 1. The second-order valence-corrected chi connectivity index (χ2v) is 5.53. The topological polar surface area (TPSA) is 57.6 Å². The van der Waals surface area contributed by atoms with Gasteiger partial charge < -0.3 is 10.0 Å². The van der Waals surface area contributed by atoms with Crippen LogP contribution in [0.5, 0.6) is 0 Å². The summed E-state index contributed by atoms with van der Waals surface area (Å²) in [5, 5.41) is 8.92. The number of likely N-dealkylation sites (tertiary alicyclic amines) is 1. The molecule has 2 rings (SSSR count). The SMILES string of the molecule is CCCC(C(=O)N1CCC(F)(C(=O)O)C1)c1ccccc1. The third-order valence-corrected chi connectivity index (χ3v) is 3.99. The molecule has 1 aliphatic rings. The number of nitrogens with zero attached hydrogens (tertiary/aromatic N) is 1. The molecule has 1 aliphatic heterocycles. The molecule has 1 N–H and O–H groups in total. The number of alkyl halides is 1. The fraction of sp³-hybridized carbons (Fsp3) is 0.500. The molecule has 0 bridgehead atoms. The molecule has 1 heterocycles. The van der Waals surface area contributed by atoms with Gasteiger partial charge >= 0.3 is 5.97 Å². The molecule has 2 atom stereocenters. The maximum Gasteiger partial charge on any atom is 0.343 e. The van der Waals surface area contributed by atoms with E-state index in [9.17, 15) is 14.0 Å². The lowest BCUT2D eigenvalue weighted by atomic mass is 9.93. The third kappa shape index (κ3) is 3.23. The largest absolute Gasteiger partial charge is 0.479 e. The number of halogens is 1. The van der Waals surface area contributed by atoms with Crippen molar-refractivity contribution in [2.45, 2.75) is 37.8 Å². The fourth-order valence-corrected chi connectivity index (χ4v) is 2.76. The average molecular weight is 293 g/mol. The number of rotatable bonds is 5. The maximum absolute atomic E-state index is 14.1. The molecule has 0 saturated carbocycles. The predicted molar refractivity (Wildman–Crippen MR) is 76.8 cm³/mol. The van der Waals surface area contributed by atoms with Crippen LogP contribution < -0.4 is 0 Å². The van der Waals surface area contributed by atoms with Gasteiger partial charge in [-0.25, -0.2) is 9.18 Å². The smallest absolute Gasteiger partial charge is 0.343 e. The first-order chi connectivity index (χ1) is 9.98. The van der Waals surface area contributed by atoms with Gasteiger partial charge in [0.25, 0.3) is 0 Å². The van der Waals surface area contributed by atoms with Crippen molar-refractivity contribution in [3.8, 4) is 0 Å². The summed E-state index contributed by atoms with van der Waals surface area (Å²) in [6, 6.07) is 9.38. The van der Waals surface area contributed by atoms with E-state index in [2.05, 4.69) is 0 Å². The highest BCUT2D eigenvalue weighted by molar-refractivity contribution is 5.86. The normalized spacial score (nSPS) is 23.0. The van der Waals surface area contributed by atoms with Gasteiger partial charge in [0.05, 0.1) is 12.5 Å². The molecule has 2 unspecified atom stereocenters. The molecule has 0 spiro atoms. The van der Waals surface area contributed by atoms with Crippen molar-refractivity contribution in [1.29, 1.82) is 0 Å². The lowest BCUT2D eigenvalue weighted by molar-refractivity contribution is -0.150. The zero-order valence-electron chi connectivity index (χ0n) is 12.1. The van der Waals surface area contributed by atoms with Gasteiger partial charge in [0.15, 0.2) is 0 Å². The van der Waals surface area contributed by atoms with Crippen molar-refractivity contribution >= 4 is 11.9 Å². The van der Waals surface area contributed by atoms with Crippen LogP contribution in [-0.2, 0) is 9.59 Å². The second kappa shape index (κ2) is 6.24.